The molecular formula is C31H39ClN4O4. The van der Waals surface area contributed by atoms with Crippen molar-refractivity contribution in [3.8, 4) is 0 Å². The Morgan fingerprint density at radius 3 is 2.35 bits per heavy atom. The standard InChI is InChI=1S/C31H39ClN4O4/c1-20-15-22(17-23(32)16-20)27-19-35(30(39)40-31(2,3)4)13-14-36(27)29(38)25-10-9-24(33-28(37)21-7-8-21)18-26(25)34-11-5-6-12-34/h9-10,15-18,21,27H,5-8,11-14,19H2,1-4H3,(H,33,37). The third-order valence-electron chi connectivity index (χ3n) is 7.63. The van der Waals surface area contributed by atoms with Crippen molar-refractivity contribution < 1.29 is 19.1 Å². The normalized spacial score (nSPS) is 19.5. The average molecular weight is 567 g/mol. The van der Waals surface area contributed by atoms with E-state index in [0.29, 0.717) is 35.9 Å². The lowest BCUT2D eigenvalue weighted by molar-refractivity contribution is -0.117. The molecule has 40 heavy (non-hydrogen) atoms. The largest absolute Gasteiger partial charge is 0.444 e. The van der Waals surface area contributed by atoms with E-state index >= 15 is 0 Å². The number of carbonyl (C=O) groups is 3. The maximum atomic E-state index is 14.3. The second kappa shape index (κ2) is 11.3. The van der Waals surface area contributed by atoms with Gasteiger partial charge < -0.3 is 24.8 Å². The predicted molar refractivity (Wildman–Crippen MR) is 157 cm³/mol. The highest BCUT2D eigenvalue weighted by Gasteiger charge is 2.37. The zero-order valence-electron chi connectivity index (χ0n) is 23.8. The van der Waals surface area contributed by atoms with Crippen LogP contribution in [-0.4, -0.2) is 66.0 Å². The maximum Gasteiger partial charge on any atom is 0.410 e. The highest BCUT2D eigenvalue weighted by molar-refractivity contribution is 6.30. The van der Waals surface area contributed by atoms with Crippen LogP contribution in [0.5, 0.6) is 0 Å². The van der Waals surface area contributed by atoms with Gasteiger partial charge in [0.05, 0.1) is 17.3 Å². The minimum Gasteiger partial charge on any atom is -0.444 e. The van der Waals surface area contributed by atoms with E-state index in [1.165, 1.54) is 0 Å². The number of piperazine rings is 1. The number of anilines is 2. The molecule has 0 bridgehead atoms. The molecule has 0 spiro atoms. The molecule has 214 valence electrons. The molecule has 2 saturated heterocycles. The van der Waals surface area contributed by atoms with Gasteiger partial charge in [-0.25, -0.2) is 4.79 Å². The highest BCUT2D eigenvalue weighted by atomic mass is 35.5. The molecule has 2 aromatic carbocycles. The smallest absolute Gasteiger partial charge is 0.410 e. The summed E-state index contributed by atoms with van der Waals surface area (Å²) in [5.74, 6) is 0.0364. The SMILES string of the molecule is Cc1cc(Cl)cc(C2CN(C(=O)OC(C)(C)C)CCN2C(=O)c2ccc(NC(=O)C3CC3)cc2N2CCCC2)c1. The summed E-state index contributed by atoms with van der Waals surface area (Å²) in [7, 11) is 0. The van der Waals surface area contributed by atoms with Crippen LogP contribution in [0.25, 0.3) is 0 Å². The number of aryl methyl sites for hydroxylation is 1. The molecule has 0 aromatic heterocycles. The summed E-state index contributed by atoms with van der Waals surface area (Å²) >= 11 is 6.45. The van der Waals surface area contributed by atoms with E-state index < -0.39 is 17.7 Å². The molecule has 8 nitrogen and oxygen atoms in total. The number of carbonyl (C=O) groups excluding carboxylic acids is 3. The molecular weight excluding hydrogens is 528 g/mol. The minimum atomic E-state index is -0.618. The lowest BCUT2D eigenvalue weighted by atomic mass is 9.98. The molecule has 1 saturated carbocycles. The summed E-state index contributed by atoms with van der Waals surface area (Å²) in [4.78, 5) is 45.5. The molecule has 5 rings (SSSR count). The molecule has 2 heterocycles. The third kappa shape index (κ3) is 6.54. The quantitative estimate of drug-likeness (QED) is 0.478. The van der Waals surface area contributed by atoms with Gasteiger partial charge in [-0.1, -0.05) is 17.7 Å². The number of nitrogens with one attached hydrogen (secondary N) is 1. The van der Waals surface area contributed by atoms with Crippen LogP contribution in [-0.2, 0) is 9.53 Å². The van der Waals surface area contributed by atoms with E-state index in [2.05, 4.69) is 10.2 Å². The van der Waals surface area contributed by atoms with Gasteiger partial charge in [0.2, 0.25) is 5.91 Å². The van der Waals surface area contributed by atoms with Crippen LogP contribution < -0.4 is 10.2 Å². The van der Waals surface area contributed by atoms with E-state index in [4.69, 9.17) is 16.3 Å². The molecule has 1 aliphatic carbocycles. The van der Waals surface area contributed by atoms with Gasteiger partial charge in [0.25, 0.3) is 5.91 Å². The molecule has 1 atom stereocenters. The number of ether oxygens (including phenoxy) is 1. The lowest BCUT2D eigenvalue weighted by Crippen LogP contribution is -2.53. The Labute approximate surface area is 241 Å². The van der Waals surface area contributed by atoms with Crippen LogP contribution in [0.3, 0.4) is 0 Å². The second-order valence-electron chi connectivity index (χ2n) is 12.2. The fourth-order valence-electron chi connectivity index (χ4n) is 5.52. The van der Waals surface area contributed by atoms with Crippen LogP contribution >= 0.6 is 11.6 Å². The molecule has 3 aliphatic rings. The molecule has 1 N–H and O–H groups in total. The van der Waals surface area contributed by atoms with Crippen LogP contribution in [0.15, 0.2) is 36.4 Å². The van der Waals surface area contributed by atoms with Crippen LogP contribution in [0.2, 0.25) is 5.02 Å². The topological polar surface area (TPSA) is 82.2 Å². The van der Waals surface area contributed by atoms with Crippen molar-refractivity contribution in [3.63, 3.8) is 0 Å². The first-order valence-electron chi connectivity index (χ1n) is 14.2. The summed E-state index contributed by atoms with van der Waals surface area (Å²) in [5, 5.41) is 3.62. The maximum absolute atomic E-state index is 14.3. The zero-order valence-corrected chi connectivity index (χ0v) is 24.6. The predicted octanol–water partition coefficient (Wildman–Crippen LogP) is 6.03. The van der Waals surface area contributed by atoms with Crippen LogP contribution in [0.4, 0.5) is 16.2 Å². The number of amides is 3. The lowest BCUT2D eigenvalue weighted by Gasteiger charge is -2.42. The monoisotopic (exact) mass is 566 g/mol. The van der Waals surface area contributed by atoms with Gasteiger partial charge in [0.1, 0.15) is 5.60 Å². The number of benzene rings is 2. The molecule has 3 amide bonds. The van der Waals surface area contributed by atoms with Gasteiger partial charge in [-0.05, 0) is 94.8 Å². The number of hydrogen-bond donors (Lipinski definition) is 1. The Morgan fingerprint density at radius 2 is 1.70 bits per heavy atom. The highest BCUT2D eigenvalue weighted by Crippen LogP contribution is 2.35. The number of hydrogen-bond acceptors (Lipinski definition) is 5. The van der Waals surface area contributed by atoms with E-state index in [-0.39, 0.29) is 17.7 Å². The van der Waals surface area contributed by atoms with Crippen molar-refractivity contribution in [3.05, 3.63) is 58.1 Å². The van der Waals surface area contributed by atoms with Crippen molar-refractivity contribution in [2.24, 2.45) is 5.92 Å². The van der Waals surface area contributed by atoms with Crippen molar-refractivity contribution in [1.82, 2.24) is 9.80 Å². The number of halogens is 1. The van der Waals surface area contributed by atoms with Crippen molar-refractivity contribution in [2.75, 3.05) is 42.9 Å². The van der Waals surface area contributed by atoms with Gasteiger partial charge in [-0.2, -0.15) is 0 Å². The fraction of sp³-hybridized carbons (Fsp3) is 0.516. The van der Waals surface area contributed by atoms with E-state index in [0.717, 1.165) is 55.6 Å². The van der Waals surface area contributed by atoms with Gasteiger partial charge in [0, 0.05) is 49.4 Å². The Balaban J connectivity index is 1.47. The first-order chi connectivity index (χ1) is 19.0. The first-order valence-corrected chi connectivity index (χ1v) is 14.6. The molecule has 9 heteroatoms. The molecule has 1 unspecified atom stereocenters. The van der Waals surface area contributed by atoms with E-state index in [9.17, 15) is 14.4 Å². The van der Waals surface area contributed by atoms with Crippen LogP contribution in [0, 0.1) is 12.8 Å². The average Bonchev–Trinajstić information content (AvgIpc) is 3.60. The Morgan fingerprint density at radius 1 is 0.975 bits per heavy atom. The minimum absolute atomic E-state index is 0.0427. The molecule has 2 aromatic rings. The van der Waals surface area contributed by atoms with Gasteiger partial charge >= 0.3 is 6.09 Å². The molecule has 3 fully saturated rings. The second-order valence-corrected chi connectivity index (χ2v) is 12.6. The summed E-state index contributed by atoms with van der Waals surface area (Å²) in [6.07, 6.45) is 3.59. The van der Waals surface area contributed by atoms with Gasteiger partial charge in [0.15, 0.2) is 0 Å². The third-order valence-corrected chi connectivity index (χ3v) is 7.85. The number of nitrogens with zero attached hydrogens (tertiary/aromatic N) is 3. The molecule has 2 aliphatic heterocycles. The fourth-order valence-corrected chi connectivity index (χ4v) is 5.81. The van der Waals surface area contributed by atoms with Gasteiger partial charge in [-0.3, -0.25) is 9.59 Å². The van der Waals surface area contributed by atoms with Crippen molar-refractivity contribution in [2.45, 2.75) is 65.0 Å². The zero-order chi connectivity index (χ0) is 28.6. The van der Waals surface area contributed by atoms with E-state index in [1.807, 2.05) is 69.0 Å². The van der Waals surface area contributed by atoms with Crippen molar-refractivity contribution in [1.29, 1.82) is 0 Å². The first kappa shape index (κ1) is 28.3. The van der Waals surface area contributed by atoms with Crippen LogP contribution in [0.1, 0.15) is 74.0 Å². The Hall–Kier alpha value is -3.26. The summed E-state index contributed by atoms with van der Waals surface area (Å²) in [6.45, 7) is 10.3. The Bertz CT molecular complexity index is 1280. The summed E-state index contributed by atoms with van der Waals surface area (Å²) < 4.78 is 5.66. The molecule has 0 radical (unpaired) electrons. The summed E-state index contributed by atoms with van der Waals surface area (Å²) in [6, 6.07) is 11.0. The number of rotatable bonds is 5. The summed E-state index contributed by atoms with van der Waals surface area (Å²) in [5.41, 5.74) is 3.40. The van der Waals surface area contributed by atoms with Gasteiger partial charge in [-0.15, -0.1) is 0 Å². The van der Waals surface area contributed by atoms with Crippen molar-refractivity contribution >= 4 is 40.9 Å². The Kier molecular flexibility index (Phi) is 8.00. The van der Waals surface area contributed by atoms with E-state index in [1.54, 1.807) is 4.90 Å².